The van der Waals surface area contributed by atoms with Gasteiger partial charge in [0, 0.05) is 26.6 Å². The van der Waals surface area contributed by atoms with Crippen LogP contribution in [-0.2, 0) is 16.4 Å². The van der Waals surface area contributed by atoms with E-state index in [9.17, 15) is 12.8 Å². The lowest BCUT2D eigenvalue weighted by atomic mass is 10.2. The predicted octanol–water partition coefficient (Wildman–Crippen LogP) is 1.88. The molecule has 0 amide bonds. The number of rotatable bonds is 8. The van der Waals surface area contributed by atoms with E-state index in [1.165, 1.54) is 12.1 Å². The number of nitrogens with one attached hydrogen (secondary N) is 3. The van der Waals surface area contributed by atoms with Gasteiger partial charge in [-0.2, -0.15) is 0 Å². The van der Waals surface area contributed by atoms with Crippen molar-refractivity contribution in [2.75, 3.05) is 30.6 Å². The molecule has 142 valence electrons. The van der Waals surface area contributed by atoms with Crippen LogP contribution in [0.5, 0.6) is 0 Å². The maximum absolute atomic E-state index is 13.5. The second-order valence-electron chi connectivity index (χ2n) is 5.64. The monoisotopic (exact) mass is 382 g/mol. The molecular weight excluding hydrogens is 359 g/mol. The molecule has 1 aromatic carbocycles. The van der Waals surface area contributed by atoms with Crippen molar-refractivity contribution in [2.45, 2.75) is 13.3 Å². The minimum Gasteiger partial charge on any atom is -0.469 e. The number of halogens is 1. The Labute approximate surface area is 152 Å². The highest BCUT2D eigenvalue weighted by Crippen LogP contribution is 2.14. The lowest BCUT2D eigenvalue weighted by Gasteiger charge is -2.12. The number of hydrogen-bond donors (Lipinski definition) is 3. The van der Waals surface area contributed by atoms with E-state index in [0.717, 1.165) is 11.8 Å². The maximum Gasteiger partial charge on any atom is 0.234 e. The number of hydrogen-bond acceptors (Lipinski definition) is 4. The smallest absolute Gasteiger partial charge is 0.234 e. The Morgan fingerprint density at radius 1 is 1.23 bits per heavy atom. The minimum absolute atomic E-state index is 0.157. The average molecular weight is 382 g/mol. The van der Waals surface area contributed by atoms with Crippen LogP contribution >= 0.6 is 0 Å². The first kappa shape index (κ1) is 19.8. The SMILES string of the molecule is CN=C(NCCc1ccco1)NCCS(=O)(=O)Nc1ccc(C)c(F)c1. The first-order chi connectivity index (χ1) is 12.4. The summed E-state index contributed by atoms with van der Waals surface area (Å²) < 4.78 is 45.3. The summed E-state index contributed by atoms with van der Waals surface area (Å²) in [6.45, 7) is 2.37. The number of guanidine groups is 1. The summed E-state index contributed by atoms with van der Waals surface area (Å²) in [6.07, 6.45) is 2.30. The zero-order valence-electron chi connectivity index (χ0n) is 14.8. The summed E-state index contributed by atoms with van der Waals surface area (Å²) in [7, 11) is -2.00. The molecule has 1 heterocycles. The number of sulfonamides is 1. The second kappa shape index (κ2) is 9.23. The van der Waals surface area contributed by atoms with Gasteiger partial charge in [0.05, 0.1) is 17.7 Å². The third kappa shape index (κ3) is 6.40. The van der Waals surface area contributed by atoms with Crippen molar-refractivity contribution in [1.29, 1.82) is 0 Å². The molecule has 9 heteroatoms. The molecule has 0 radical (unpaired) electrons. The topological polar surface area (TPSA) is 95.7 Å². The van der Waals surface area contributed by atoms with Crippen molar-refractivity contribution < 1.29 is 17.2 Å². The number of aryl methyl sites for hydroxylation is 1. The summed E-state index contributed by atoms with van der Waals surface area (Å²) in [5, 5.41) is 6.00. The fourth-order valence-corrected chi connectivity index (χ4v) is 3.13. The molecule has 2 rings (SSSR count). The highest BCUT2D eigenvalue weighted by atomic mass is 32.2. The Morgan fingerprint density at radius 3 is 2.65 bits per heavy atom. The molecule has 7 nitrogen and oxygen atoms in total. The van der Waals surface area contributed by atoms with Gasteiger partial charge < -0.3 is 15.1 Å². The molecule has 0 aliphatic carbocycles. The Bertz CT molecular complexity index is 836. The van der Waals surface area contributed by atoms with Crippen LogP contribution in [0, 0.1) is 12.7 Å². The zero-order valence-corrected chi connectivity index (χ0v) is 15.6. The highest BCUT2D eigenvalue weighted by molar-refractivity contribution is 7.92. The molecule has 0 unspecified atom stereocenters. The molecule has 0 fully saturated rings. The molecular formula is C17H23FN4O3S. The number of benzene rings is 1. The van der Waals surface area contributed by atoms with Crippen LogP contribution in [0.15, 0.2) is 46.0 Å². The molecule has 0 aliphatic rings. The summed E-state index contributed by atoms with van der Waals surface area (Å²) in [5.41, 5.74) is 0.660. The molecule has 0 aliphatic heterocycles. The van der Waals surface area contributed by atoms with Gasteiger partial charge in [-0.25, -0.2) is 12.8 Å². The van der Waals surface area contributed by atoms with Gasteiger partial charge >= 0.3 is 0 Å². The predicted molar refractivity (Wildman–Crippen MR) is 100 cm³/mol. The number of anilines is 1. The Morgan fingerprint density at radius 2 is 2.00 bits per heavy atom. The van der Waals surface area contributed by atoms with Gasteiger partial charge in [-0.15, -0.1) is 0 Å². The van der Waals surface area contributed by atoms with E-state index in [1.807, 2.05) is 12.1 Å². The molecule has 1 aromatic heterocycles. The first-order valence-corrected chi connectivity index (χ1v) is 9.78. The lowest BCUT2D eigenvalue weighted by molar-refractivity contribution is 0.507. The van der Waals surface area contributed by atoms with Crippen LogP contribution in [0.3, 0.4) is 0 Å². The van der Waals surface area contributed by atoms with E-state index >= 15 is 0 Å². The van der Waals surface area contributed by atoms with Gasteiger partial charge in [-0.3, -0.25) is 9.71 Å². The van der Waals surface area contributed by atoms with Crippen LogP contribution in [-0.4, -0.2) is 40.3 Å². The van der Waals surface area contributed by atoms with Gasteiger partial charge in [0.2, 0.25) is 10.0 Å². The molecule has 0 saturated carbocycles. The summed E-state index contributed by atoms with van der Waals surface area (Å²) >= 11 is 0. The summed E-state index contributed by atoms with van der Waals surface area (Å²) in [4.78, 5) is 4.03. The van der Waals surface area contributed by atoms with E-state index in [0.29, 0.717) is 24.5 Å². The maximum atomic E-state index is 13.5. The fourth-order valence-electron chi connectivity index (χ4n) is 2.17. The highest BCUT2D eigenvalue weighted by Gasteiger charge is 2.12. The summed E-state index contributed by atoms with van der Waals surface area (Å²) in [5.74, 6) is 0.712. The van der Waals surface area contributed by atoms with Crippen molar-refractivity contribution in [3.05, 3.63) is 53.7 Å². The number of aliphatic imine (C=N–C) groups is 1. The van der Waals surface area contributed by atoms with Crippen molar-refractivity contribution in [3.63, 3.8) is 0 Å². The Hall–Kier alpha value is -2.55. The van der Waals surface area contributed by atoms with Crippen LogP contribution < -0.4 is 15.4 Å². The minimum atomic E-state index is -3.60. The van der Waals surface area contributed by atoms with Gasteiger partial charge in [0.25, 0.3) is 0 Å². The lowest BCUT2D eigenvalue weighted by Crippen LogP contribution is -2.40. The van der Waals surface area contributed by atoms with Crippen LogP contribution in [0.4, 0.5) is 10.1 Å². The van der Waals surface area contributed by atoms with E-state index in [4.69, 9.17) is 4.42 Å². The fraction of sp³-hybridized carbons (Fsp3) is 0.353. The van der Waals surface area contributed by atoms with Crippen molar-refractivity contribution in [2.24, 2.45) is 4.99 Å². The third-order valence-corrected chi connectivity index (χ3v) is 4.86. The van der Waals surface area contributed by atoms with E-state index in [2.05, 4.69) is 20.3 Å². The molecule has 0 saturated heterocycles. The van der Waals surface area contributed by atoms with Crippen molar-refractivity contribution in [3.8, 4) is 0 Å². The van der Waals surface area contributed by atoms with Crippen LogP contribution in [0.25, 0.3) is 0 Å². The van der Waals surface area contributed by atoms with E-state index in [1.54, 1.807) is 20.2 Å². The first-order valence-electron chi connectivity index (χ1n) is 8.13. The zero-order chi connectivity index (χ0) is 19.0. The van der Waals surface area contributed by atoms with Crippen molar-refractivity contribution >= 4 is 21.7 Å². The largest absolute Gasteiger partial charge is 0.469 e. The third-order valence-electron chi connectivity index (χ3n) is 3.58. The molecule has 26 heavy (non-hydrogen) atoms. The molecule has 3 N–H and O–H groups in total. The number of nitrogens with zero attached hydrogens (tertiary/aromatic N) is 1. The Balaban J connectivity index is 1.76. The van der Waals surface area contributed by atoms with Gasteiger partial charge in [-0.05, 0) is 36.8 Å². The van der Waals surface area contributed by atoms with Crippen molar-refractivity contribution in [1.82, 2.24) is 10.6 Å². The van der Waals surface area contributed by atoms with Crippen LogP contribution in [0.2, 0.25) is 0 Å². The average Bonchev–Trinajstić information content (AvgIpc) is 3.10. The standard InChI is InChI=1S/C17H23FN4O3S/c1-13-5-6-14(12-16(13)18)22-26(23,24)11-9-21-17(19-2)20-8-7-15-4-3-10-25-15/h3-6,10,12,22H,7-9,11H2,1-2H3,(H2,19,20,21). The molecule has 0 bridgehead atoms. The van der Waals surface area contributed by atoms with Gasteiger partial charge in [-0.1, -0.05) is 6.07 Å². The summed E-state index contributed by atoms with van der Waals surface area (Å²) in [6, 6.07) is 7.91. The second-order valence-corrected chi connectivity index (χ2v) is 7.48. The van der Waals surface area contributed by atoms with E-state index < -0.39 is 15.8 Å². The quantitative estimate of drug-likeness (QED) is 0.479. The molecule has 0 atom stereocenters. The number of furan rings is 1. The van der Waals surface area contributed by atoms with Gasteiger partial charge in [0.1, 0.15) is 11.6 Å². The Kier molecular flexibility index (Phi) is 7.02. The van der Waals surface area contributed by atoms with Gasteiger partial charge in [0.15, 0.2) is 5.96 Å². The molecule has 0 spiro atoms. The molecule has 2 aromatic rings. The van der Waals surface area contributed by atoms with Crippen LogP contribution in [0.1, 0.15) is 11.3 Å². The normalized spacial score (nSPS) is 12.0. The van der Waals surface area contributed by atoms with E-state index in [-0.39, 0.29) is 18.0 Å².